The molecule has 0 aliphatic heterocycles. The number of rotatable bonds is 2. The van der Waals surface area contributed by atoms with Crippen LogP contribution in [0.25, 0.3) is 11.2 Å². The molecular formula is C13H10BrN3O2S. The molecule has 102 valence electrons. The van der Waals surface area contributed by atoms with Crippen LogP contribution in [0.4, 0.5) is 0 Å². The molecule has 0 spiro atoms. The highest BCUT2D eigenvalue weighted by Gasteiger charge is 2.19. The molecule has 0 fully saturated rings. The van der Waals surface area contributed by atoms with Gasteiger partial charge in [-0.3, -0.25) is 0 Å². The van der Waals surface area contributed by atoms with Crippen LogP contribution in [-0.2, 0) is 10.0 Å². The van der Waals surface area contributed by atoms with E-state index < -0.39 is 10.0 Å². The Bertz CT molecular complexity index is 886. The molecule has 2 aromatic heterocycles. The summed E-state index contributed by atoms with van der Waals surface area (Å²) in [6.07, 6.45) is 2.94. The summed E-state index contributed by atoms with van der Waals surface area (Å²) >= 11 is 3.21. The van der Waals surface area contributed by atoms with E-state index in [1.54, 1.807) is 30.3 Å². The van der Waals surface area contributed by atoms with E-state index >= 15 is 0 Å². The zero-order valence-corrected chi connectivity index (χ0v) is 12.9. The highest BCUT2D eigenvalue weighted by Crippen LogP contribution is 2.21. The summed E-state index contributed by atoms with van der Waals surface area (Å²) in [5.41, 5.74) is 1.84. The zero-order chi connectivity index (χ0) is 14.3. The maximum Gasteiger partial charge on any atom is 0.269 e. The maximum atomic E-state index is 12.6. The van der Waals surface area contributed by atoms with Crippen molar-refractivity contribution in [3.63, 3.8) is 0 Å². The number of benzene rings is 1. The van der Waals surface area contributed by atoms with Crippen LogP contribution in [0.1, 0.15) is 5.56 Å². The Labute approximate surface area is 124 Å². The Morgan fingerprint density at radius 1 is 1.15 bits per heavy atom. The van der Waals surface area contributed by atoms with Gasteiger partial charge in [0.2, 0.25) is 0 Å². The third-order valence-electron chi connectivity index (χ3n) is 2.90. The fourth-order valence-corrected chi connectivity index (χ4v) is 3.47. The number of nitrogens with zero attached hydrogens (tertiary/aromatic N) is 3. The number of hydrogen-bond donors (Lipinski definition) is 0. The second-order valence-electron chi connectivity index (χ2n) is 4.33. The van der Waals surface area contributed by atoms with E-state index in [2.05, 4.69) is 25.9 Å². The van der Waals surface area contributed by atoms with Gasteiger partial charge in [0.1, 0.15) is 10.1 Å². The van der Waals surface area contributed by atoms with E-state index in [0.29, 0.717) is 15.8 Å². The smallest absolute Gasteiger partial charge is 0.236 e. The van der Waals surface area contributed by atoms with Gasteiger partial charge in [-0.25, -0.2) is 22.4 Å². The highest BCUT2D eigenvalue weighted by molar-refractivity contribution is 9.10. The highest BCUT2D eigenvalue weighted by atomic mass is 79.9. The molecule has 3 rings (SSSR count). The van der Waals surface area contributed by atoms with Gasteiger partial charge < -0.3 is 0 Å². The summed E-state index contributed by atoms with van der Waals surface area (Å²) in [6, 6.07) is 8.33. The first kappa shape index (κ1) is 13.3. The minimum absolute atomic E-state index is 0.227. The van der Waals surface area contributed by atoms with Crippen molar-refractivity contribution >= 4 is 37.1 Å². The second-order valence-corrected chi connectivity index (χ2v) is 6.96. The second kappa shape index (κ2) is 4.68. The number of aromatic nitrogens is 3. The van der Waals surface area contributed by atoms with Crippen molar-refractivity contribution in [3.05, 3.63) is 52.9 Å². The summed E-state index contributed by atoms with van der Waals surface area (Å²) < 4.78 is 26.9. The van der Waals surface area contributed by atoms with Gasteiger partial charge in [0.25, 0.3) is 10.0 Å². The Balaban J connectivity index is 2.21. The average molecular weight is 352 g/mol. The predicted molar refractivity (Wildman–Crippen MR) is 79.0 cm³/mol. The van der Waals surface area contributed by atoms with Crippen molar-refractivity contribution in [2.75, 3.05) is 0 Å². The Morgan fingerprint density at radius 2 is 1.85 bits per heavy atom. The van der Waals surface area contributed by atoms with Crippen LogP contribution in [0.15, 0.2) is 52.2 Å². The number of fused-ring (bicyclic) bond motifs is 1. The Morgan fingerprint density at radius 3 is 2.55 bits per heavy atom. The van der Waals surface area contributed by atoms with Gasteiger partial charge in [-0.15, -0.1) is 0 Å². The number of halogens is 1. The Hall–Kier alpha value is -1.73. The third-order valence-corrected chi connectivity index (χ3v) is 4.97. The monoisotopic (exact) mass is 351 g/mol. The molecule has 0 radical (unpaired) electrons. The van der Waals surface area contributed by atoms with Gasteiger partial charge in [0.15, 0.2) is 5.65 Å². The summed E-state index contributed by atoms with van der Waals surface area (Å²) in [5.74, 6) is 0. The van der Waals surface area contributed by atoms with E-state index in [1.165, 1.54) is 12.4 Å². The Kier molecular flexibility index (Phi) is 3.10. The fraction of sp³-hybridized carbons (Fsp3) is 0.0769. The minimum Gasteiger partial charge on any atom is -0.236 e. The molecule has 0 amide bonds. The van der Waals surface area contributed by atoms with Gasteiger partial charge in [-0.05, 0) is 41.1 Å². The van der Waals surface area contributed by atoms with Crippen molar-refractivity contribution in [3.8, 4) is 0 Å². The van der Waals surface area contributed by atoms with Gasteiger partial charge >= 0.3 is 0 Å². The fourth-order valence-electron chi connectivity index (χ4n) is 1.88. The van der Waals surface area contributed by atoms with E-state index in [4.69, 9.17) is 0 Å². The molecule has 0 aliphatic carbocycles. The molecule has 0 N–H and O–H groups in total. The molecule has 0 atom stereocenters. The van der Waals surface area contributed by atoms with Crippen LogP contribution < -0.4 is 0 Å². The quantitative estimate of drug-likeness (QED) is 0.711. The molecule has 0 aliphatic rings. The van der Waals surface area contributed by atoms with E-state index in [-0.39, 0.29) is 4.90 Å². The molecule has 2 heterocycles. The average Bonchev–Trinajstić information content (AvgIpc) is 2.82. The molecule has 0 saturated heterocycles. The first-order valence-corrected chi connectivity index (χ1v) is 8.03. The molecule has 3 aromatic rings. The maximum absolute atomic E-state index is 12.6. The standard InChI is InChI=1S/C13H10BrN3O2S/c1-9-2-4-10(5-3-9)20(18,19)17-7-6-11-13(17)15-8-12(14)16-11/h2-8H,1H3. The van der Waals surface area contributed by atoms with Crippen LogP contribution in [0.3, 0.4) is 0 Å². The van der Waals surface area contributed by atoms with Crippen LogP contribution in [0, 0.1) is 6.92 Å². The molecule has 5 nitrogen and oxygen atoms in total. The molecule has 0 saturated carbocycles. The van der Waals surface area contributed by atoms with E-state index in [0.717, 1.165) is 9.54 Å². The molecule has 0 bridgehead atoms. The first-order valence-electron chi connectivity index (χ1n) is 5.80. The molecular weight excluding hydrogens is 342 g/mol. The molecule has 7 heteroatoms. The topological polar surface area (TPSA) is 64.8 Å². The van der Waals surface area contributed by atoms with Crippen molar-refractivity contribution < 1.29 is 8.42 Å². The summed E-state index contributed by atoms with van der Waals surface area (Å²) in [7, 11) is -3.65. The normalized spacial score (nSPS) is 11.9. The lowest BCUT2D eigenvalue weighted by Crippen LogP contribution is -2.12. The zero-order valence-electron chi connectivity index (χ0n) is 10.5. The SMILES string of the molecule is Cc1ccc(S(=O)(=O)n2ccc3nc(Br)cnc32)cc1. The summed E-state index contributed by atoms with van der Waals surface area (Å²) in [6.45, 7) is 1.91. The van der Waals surface area contributed by atoms with E-state index in [1.807, 2.05) is 6.92 Å². The van der Waals surface area contributed by atoms with Gasteiger partial charge in [0.05, 0.1) is 11.1 Å². The van der Waals surface area contributed by atoms with Crippen molar-refractivity contribution in [2.45, 2.75) is 11.8 Å². The third kappa shape index (κ3) is 2.12. The van der Waals surface area contributed by atoms with Crippen LogP contribution in [0.5, 0.6) is 0 Å². The van der Waals surface area contributed by atoms with Gasteiger partial charge in [-0.1, -0.05) is 17.7 Å². The van der Waals surface area contributed by atoms with Crippen LogP contribution in [-0.4, -0.2) is 22.4 Å². The van der Waals surface area contributed by atoms with E-state index in [9.17, 15) is 8.42 Å². The van der Waals surface area contributed by atoms with Crippen LogP contribution in [0.2, 0.25) is 0 Å². The molecule has 0 unspecified atom stereocenters. The lowest BCUT2D eigenvalue weighted by Gasteiger charge is -2.07. The number of aryl methyl sites for hydroxylation is 1. The van der Waals surface area contributed by atoms with Gasteiger partial charge in [-0.2, -0.15) is 0 Å². The largest absolute Gasteiger partial charge is 0.269 e. The summed E-state index contributed by atoms with van der Waals surface area (Å²) in [4.78, 5) is 8.54. The van der Waals surface area contributed by atoms with Crippen molar-refractivity contribution in [2.24, 2.45) is 0 Å². The molecule has 20 heavy (non-hydrogen) atoms. The lowest BCUT2D eigenvalue weighted by atomic mass is 10.2. The van der Waals surface area contributed by atoms with Crippen LogP contribution >= 0.6 is 15.9 Å². The van der Waals surface area contributed by atoms with Crippen molar-refractivity contribution in [1.82, 2.24) is 13.9 Å². The lowest BCUT2D eigenvalue weighted by molar-refractivity contribution is 0.588. The number of hydrogen-bond acceptors (Lipinski definition) is 4. The van der Waals surface area contributed by atoms with Gasteiger partial charge in [0, 0.05) is 6.20 Å². The minimum atomic E-state index is -3.65. The van der Waals surface area contributed by atoms with Crippen molar-refractivity contribution in [1.29, 1.82) is 0 Å². The molecule has 1 aromatic carbocycles. The first-order chi connectivity index (χ1) is 9.48. The predicted octanol–water partition coefficient (Wildman–Crippen LogP) is 2.74. The summed E-state index contributed by atoms with van der Waals surface area (Å²) in [5, 5.41) is 0.